The van der Waals surface area contributed by atoms with E-state index in [4.69, 9.17) is 10.6 Å². The van der Waals surface area contributed by atoms with Gasteiger partial charge in [-0.1, -0.05) is 19.3 Å². The van der Waals surface area contributed by atoms with Crippen LogP contribution in [0.15, 0.2) is 12.3 Å². The highest BCUT2D eigenvalue weighted by Gasteiger charge is 2.42. The average Bonchev–Trinajstić information content (AvgIpc) is 2.89. The van der Waals surface area contributed by atoms with Crippen molar-refractivity contribution in [3.05, 3.63) is 18.0 Å². The zero-order valence-corrected chi connectivity index (χ0v) is 12.1. The molecule has 1 aromatic rings. The molecule has 1 unspecified atom stereocenters. The number of aromatic nitrogens is 2. The van der Waals surface area contributed by atoms with Crippen LogP contribution in [-0.4, -0.2) is 22.0 Å². The Balaban J connectivity index is 2.31. The lowest BCUT2D eigenvalue weighted by molar-refractivity contribution is -0.0930. The summed E-state index contributed by atoms with van der Waals surface area (Å²) in [5.41, 5.74) is 3.93. The van der Waals surface area contributed by atoms with Gasteiger partial charge < -0.3 is 4.74 Å². The third-order valence-electron chi connectivity index (χ3n) is 4.17. The van der Waals surface area contributed by atoms with E-state index in [9.17, 15) is 0 Å². The molecule has 1 fully saturated rings. The van der Waals surface area contributed by atoms with Crippen molar-refractivity contribution in [2.75, 3.05) is 6.61 Å². The minimum atomic E-state index is -0.186. The molecule has 1 aromatic heterocycles. The predicted octanol–water partition coefficient (Wildman–Crippen LogP) is 2.15. The summed E-state index contributed by atoms with van der Waals surface area (Å²) in [5, 5.41) is 4.36. The molecule has 1 saturated carbocycles. The number of rotatable bonds is 6. The van der Waals surface area contributed by atoms with E-state index in [1.807, 2.05) is 16.9 Å². The van der Waals surface area contributed by atoms with Crippen LogP contribution in [0.25, 0.3) is 0 Å². The molecule has 0 aliphatic heterocycles. The van der Waals surface area contributed by atoms with Crippen LogP contribution in [0.4, 0.5) is 0 Å². The molecule has 0 bridgehead atoms. The van der Waals surface area contributed by atoms with Crippen LogP contribution < -0.4 is 11.3 Å². The van der Waals surface area contributed by atoms with E-state index in [2.05, 4.69) is 24.4 Å². The normalized spacial score (nSPS) is 20.4. The first kappa shape index (κ1) is 14.5. The van der Waals surface area contributed by atoms with Crippen LogP contribution in [0.2, 0.25) is 0 Å². The zero-order chi connectivity index (χ0) is 13.7. The fourth-order valence-electron chi connectivity index (χ4n) is 3.31. The first-order valence-electron chi connectivity index (χ1n) is 7.39. The molecular weight excluding hydrogens is 240 g/mol. The molecule has 0 radical (unpaired) electrons. The number of nitrogens with zero attached hydrogens (tertiary/aromatic N) is 2. The average molecular weight is 266 g/mol. The molecule has 19 heavy (non-hydrogen) atoms. The first-order valence-corrected chi connectivity index (χ1v) is 7.39. The molecule has 5 nitrogen and oxygen atoms in total. The van der Waals surface area contributed by atoms with Crippen molar-refractivity contribution in [3.8, 4) is 0 Å². The van der Waals surface area contributed by atoms with E-state index in [0.717, 1.165) is 31.7 Å². The van der Waals surface area contributed by atoms with Crippen LogP contribution in [-0.2, 0) is 11.3 Å². The number of aryl methyl sites for hydroxylation is 1. The molecule has 0 aromatic carbocycles. The molecule has 2 rings (SSSR count). The largest absolute Gasteiger partial charge is 0.373 e. The lowest BCUT2D eigenvalue weighted by atomic mass is 9.78. The molecule has 0 spiro atoms. The van der Waals surface area contributed by atoms with Crippen LogP contribution in [0.1, 0.15) is 57.7 Å². The third kappa shape index (κ3) is 2.83. The van der Waals surface area contributed by atoms with Gasteiger partial charge in [0.1, 0.15) is 0 Å². The number of ether oxygens (including phenoxy) is 1. The maximum Gasteiger partial charge on any atom is 0.0918 e. The fourth-order valence-corrected chi connectivity index (χ4v) is 3.31. The van der Waals surface area contributed by atoms with Gasteiger partial charge in [0.2, 0.25) is 0 Å². The van der Waals surface area contributed by atoms with Crippen molar-refractivity contribution >= 4 is 0 Å². The Morgan fingerprint density at radius 1 is 1.42 bits per heavy atom. The van der Waals surface area contributed by atoms with Crippen molar-refractivity contribution in [3.63, 3.8) is 0 Å². The molecule has 1 heterocycles. The monoisotopic (exact) mass is 266 g/mol. The number of hydrogen-bond donors (Lipinski definition) is 2. The van der Waals surface area contributed by atoms with Gasteiger partial charge in [0.05, 0.1) is 17.3 Å². The van der Waals surface area contributed by atoms with Crippen molar-refractivity contribution in [2.24, 2.45) is 5.84 Å². The smallest absolute Gasteiger partial charge is 0.0918 e. The van der Waals surface area contributed by atoms with E-state index >= 15 is 0 Å². The molecule has 5 heteroatoms. The number of nitrogens with two attached hydrogens (primary N) is 1. The molecule has 1 aliphatic rings. The summed E-state index contributed by atoms with van der Waals surface area (Å²) in [7, 11) is 0. The quantitative estimate of drug-likeness (QED) is 0.611. The Morgan fingerprint density at radius 2 is 2.16 bits per heavy atom. The van der Waals surface area contributed by atoms with Gasteiger partial charge in [0.25, 0.3) is 0 Å². The summed E-state index contributed by atoms with van der Waals surface area (Å²) >= 11 is 0. The summed E-state index contributed by atoms with van der Waals surface area (Å²) in [6.45, 7) is 5.72. The maximum atomic E-state index is 6.16. The molecule has 108 valence electrons. The summed E-state index contributed by atoms with van der Waals surface area (Å²) in [6, 6.07) is 2.05. The van der Waals surface area contributed by atoms with Gasteiger partial charge in [-0.05, 0) is 32.8 Å². The van der Waals surface area contributed by atoms with Gasteiger partial charge in [-0.25, -0.2) is 5.43 Å². The molecule has 0 amide bonds. The zero-order valence-electron chi connectivity index (χ0n) is 12.1. The SMILES string of the molecule is CCOC1(C(NN)c2ccnn2CC)CCCCC1. The first-order chi connectivity index (χ1) is 9.27. The van der Waals surface area contributed by atoms with E-state index in [-0.39, 0.29) is 11.6 Å². The second-order valence-electron chi connectivity index (χ2n) is 5.23. The number of nitrogens with one attached hydrogen (secondary N) is 1. The molecule has 3 N–H and O–H groups in total. The van der Waals surface area contributed by atoms with Crippen LogP contribution in [0, 0.1) is 0 Å². The highest BCUT2D eigenvalue weighted by Crippen LogP contribution is 2.41. The molecule has 0 saturated heterocycles. The van der Waals surface area contributed by atoms with Crippen LogP contribution >= 0.6 is 0 Å². The topological polar surface area (TPSA) is 65.1 Å². The Hall–Kier alpha value is -0.910. The Morgan fingerprint density at radius 3 is 2.74 bits per heavy atom. The number of hydrazine groups is 1. The van der Waals surface area contributed by atoms with Crippen molar-refractivity contribution in [1.29, 1.82) is 0 Å². The fraction of sp³-hybridized carbons (Fsp3) is 0.786. The lowest BCUT2D eigenvalue weighted by Crippen LogP contribution is -2.50. The van der Waals surface area contributed by atoms with E-state index in [0.29, 0.717) is 0 Å². The van der Waals surface area contributed by atoms with E-state index < -0.39 is 0 Å². The van der Waals surface area contributed by atoms with Gasteiger partial charge in [0.15, 0.2) is 0 Å². The third-order valence-corrected chi connectivity index (χ3v) is 4.17. The lowest BCUT2D eigenvalue weighted by Gasteiger charge is -2.43. The minimum absolute atomic E-state index is 0.00944. The Kier molecular flexibility index (Phi) is 4.96. The van der Waals surface area contributed by atoms with Gasteiger partial charge >= 0.3 is 0 Å². The Bertz CT molecular complexity index is 379. The second kappa shape index (κ2) is 6.50. The van der Waals surface area contributed by atoms with Crippen molar-refractivity contribution < 1.29 is 4.74 Å². The summed E-state index contributed by atoms with van der Waals surface area (Å²) in [6.07, 6.45) is 7.66. The van der Waals surface area contributed by atoms with Gasteiger partial charge in [-0.2, -0.15) is 5.10 Å². The summed E-state index contributed by atoms with van der Waals surface area (Å²) in [4.78, 5) is 0. The van der Waals surface area contributed by atoms with Crippen molar-refractivity contribution in [1.82, 2.24) is 15.2 Å². The highest BCUT2D eigenvalue weighted by atomic mass is 16.5. The molecular formula is C14H26N4O. The summed E-state index contributed by atoms with van der Waals surface area (Å²) < 4.78 is 8.16. The van der Waals surface area contributed by atoms with E-state index in [1.54, 1.807) is 0 Å². The standard InChI is InChI=1S/C14H26N4O/c1-3-18-12(8-11-16-18)13(17-15)14(19-4-2)9-6-5-7-10-14/h8,11,13,17H,3-7,9-10,15H2,1-2H3. The molecule has 1 atom stereocenters. The van der Waals surface area contributed by atoms with Crippen molar-refractivity contribution in [2.45, 2.75) is 64.1 Å². The Labute approximate surface area is 115 Å². The van der Waals surface area contributed by atoms with Gasteiger partial charge in [0, 0.05) is 19.3 Å². The maximum absolute atomic E-state index is 6.16. The van der Waals surface area contributed by atoms with Crippen LogP contribution in [0.5, 0.6) is 0 Å². The predicted molar refractivity (Wildman–Crippen MR) is 75.4 cm³/mol. The second-order valence-corrected chi connectivity index (χ2v) is 5.23. The van der Waals surface area contributed by atoms with Gasteiger partial charge in [-0.3, -0.25) is 10.5 Å². The number of hydrogen-bond acceptors (Lipinski definition) is 4. The highest BCUT2D eigenvalue weighted by molar-refractivity contribution is 5.14. The van der Waals surface area contributed by atoms with Crippen LogP contribution in [0.3, 0.4) is 0 Å². The van der Waals surface area contributed by atoms with Gasteiger partial charge in [-0.15, -0.1) is 0 Å². The minimum Gasteiger partial charge on any atom is -0.373 e. The molecule has 1 aliphatic carbocycles. The van der Waals surface area contributed by atoms with E-state index in [1.165, 1.54) is 19.3 Å². The summed E-state index contributed by atoms with van der Waals surface area (Å²) in [5.74, 6) is 5.86.